The average molecular weight is 303 g/mol. The van der Waals surface area contributed by atoms with Crippen molar-refractivity contribution in [3.8, 4) is 0 Å². The Kier molecular flexibility index (Phi) is 4.86. The Hall–Kier alpha value is -2.00. The SMILES string of the molecule is CCN(Cc1cccc(N)c1)C(=O)c1ccc(Cl)cc1C. The number of amides is 1. The van der Waals surface area contributed by atoms with Crippen LogP contribution in [0.25, 0.3) is 0 Å². The van der Waals surface area contributed by atoms with Crippen LogP contribution in [0.3, 0.4) is 0 Å². The van der Waals surface area contributed by atoms with Gasteiger partial charge in [-0.05, 0) is 55.3 Å². The summed E-state index contributed by atoms with van der Waals surface area (Å²) >= 11 is 5.94. The molecule has 2 rings (SSSR count). The molecule has 2 N–H and O–H groups in total. The van der Waals surface area contributed by atoms with Crippen LogP contribution in [0.1, 0.15) is 28.4 Å². The Morgan fingerprint density at radius 2 is 2.00 bits per heavy atom. The number of halogens is 1. The van der Waals surface area contributed by atoms with Gasteiger partial charge in [-0.1, -0.05) is 23.7 Å². The van der Waals surface area contributed by atoms with E-state index in [4.69, 9.17) is 17.3 Å². The molecule has 0 bridgehead atoms. The number of hydrogen-bond acceptors (Lipinski definition) is 2. The van der Waals surface area contributed by atoms with E-state index in [1.165, 1.54) is 0 Å². The number of hydrogen-bond donors (Lipinski definition) is 1. The van der Waals surface area contributed by atoms with Crippen LogP contribution in [-0.4, -0.2) is 17.4 Å². The first kappa shape index (κ1) is 15.4. The molecule has 0 spiro atoms. The van der Waals surface area contributed by atoms with Crippen molar-refractivity contribution < 1.29 is 4.79 Å². The first-order valence-electron chi connectivity index (χ1n) is 6.91. The highest BCUT2D eigenvalue weighted by molar-refractivity contribution is 6.30. The third-order valence-electron chi connectivity index (χ3n) is 3.41. The lowest BCUT2D eigenvalue weighted by Gasteiger charge is -2.22. The van der Waals surface area contributed by atoms with Gasteiger partial charge >= 0.3 is 0 Å². The molecule has 0 atom stereocenters. The van der Waals surface area contributed by atoms with Crippen LogP contribution in [0.5, 0.6) is 0 Å². The van der Waals surface area contributed by atoms with Crippen molar-refractivity contribution >= 4 is 23.2 Å². The zero-order valence-electron chi connectivity index (χ0n) is 12.3. The maximum Gasteiger partial charge on any atom is 0.254 e. The second-order valence-corrected chi connectivity index (χ2v) is 5.46. The Morgan fingerprint density at radius 3 is 2.62 bits per heavy atom. The van der Waals surface area contributed by atoms with Crippen LogP contribution in [0, 0.1) is 6.92 Å². The molecule has 3 nitrogen and oxygen atoms in total. The van der Waals surface area contributed by atoms with E-state index in [0.29, 0.717) is 29.4 Å². The third kappa shape index (κ3) is 3.76. The van der Waals surface area contributed by atoms with E-state index in [1.807, 2.05) is 44.2 Å². The van der Waals surface area contributed by atoms with Crippen LogP contribution in [0.2, 0.25) is 5.02 Å². The number of anilines is 1. The largest absolute Gasteiger partial charge is 0.399 e. The molecule has 2 aromatic rings. The fourth-order valence-electron chi connectivity index (χ4n) is 2.28. The summed E-state index contributed by atoms with van der Waals surface area (Å²) in [4.78, 5) is 14.4. The molecule has 21 heavy (non-hydrogen) atoms. The third-order valence-corrected chi connectivity index (χ3v) is 3.65. The molecule has 1 amide bonds. The predicted octanol–water partition coefficient (Wildman–Crippen LogP) is 3.89. The molecule has 2 aromatic carbocycles. The van der Waals surface area contributed by atoms with Crippen molar-refractivity contribution in [1.29, 1.82) is 0 Å². The van der Waals surface area contributed by atoms with Gasteiger partial charge in [-0.25, -0.2) is 0 Å². The fourth-order valence-corrected chi connectivity index (χ4v) is 2.50. The smallest absolute Gasteiger partial charge is 0.254 e. The summed E-state index contributed by atoms with van der Waals surface area (Å²) in [6.07, 6.45) is 0. The summed E-state index contributed by atoms with van der Waals surface area (Å²) in [6, 6.07) is 12.9. The van der Waals surface area contributed by atoms with E-state index in [0.717, 1.165) is 11.1 Å². The maximum absolute atomic E-state index is 12.6. The molecule has 0 aliphatic rings. The summed E-state index contributed by atoms with van der Waals surface area (Å²) in [5.74, 6) is 0.00842. The number of rotatable bonds is 4. The normalized spacial score (nSPS) is 10.4. The second-order valence-electron chi connectivity index (χ2n) is 5.02. The highest BCUT2D eigenvalue weighted by Gasteiger charge is 2.16. The molecule has 0 saturated heterocycles. The van der Waals surface area contributed by atoms with Gasteiger partial charge in [0.25, 0.3) is 5.91 Å². The number of aryl methyl sites for hydroxylation is 1. The Bertz CT molecular complexity index is 655. The number of nitrogen functional groups attached to an aromatic ring is 1. The summed E-state index contributed by atoms with van der Waals surface area (Å²) in [5, 5.41) is 0.642. The minimum atomic E-state index is 0.00842. The van der Waals surface area contributed by atoms with Crippen molar-refractivity contribution in [2.45, 2.75) is 20.4 Å². The molecule has 0 saturated carbocycles. The van der Waals surface area contributed by atoms with Crippen LogP contribution >= 0.6 is 11.6 Å². The first-order valence-corrected chi connectivity index (χ1v) is 7.29. The lowest BCUT2D eigenvalue weighted by atomic mass is 10.1. The molecule has 4 heteroatoms. The molecule has 0 heterocycles. The van der Waals surface area contributed by atoms with Crippen molar-refractivity contribution in [1.82, 2.24) is 4.90 Å². The van der Waals surface area contributed by atoms with Gasteiger partial charge in [0.1, 0.15) is 0 Å². The standard InChI is InChI=1S/C17H19ClN2O/c1-3-20(11-13-5-4-6-15(19)10-13)17(21)16-8-7-14(18)9-12(16)2/h4-10H,3,11,19H2,1-2H3. The van der Waals surface area contributed by atoms with Crippen molar-refractivity contribution in [2.75, 3.05) is 12.3 Å². The number of nitrogens with two attached hydrogens (primary N) is 1. The number of carbonyl (C=O) groups excluding carboxylic acids is 1. The Labute approximate surface area is 130 Å². The molecule has 0 aliphatic heterocycles. The highest BCUT2D eigenvalue weighted by Crippen LogP contribution is 2.18. The highest BCUT2D eigenvalue weighted by atomic mass is 35.5. The van der Waals surface area contributed by atoms with Gasteiger partial charge in [-0.3, -0.25) is 4.79 Å². The number of nitrogens with zero attached hydrogens (tertiary/aromatic N) is 1. The van der Waals surface area contributed by atoms with E-state index < -0.39 is 0 Å². The van der Waals surface area contributed by atoms with Crippen LogP contribution in [-0.2, 0) is 6.54 Å². The summed E-state index contributed by atoms with van der Waals surface area (Å²) in [6.45, 7) is 5.04. The van der Waals surface area contributed by atoms with Crippen molar-refractivity contribution in [3.63, 3.8) is 0 Å². The molecule has 0 unspecified atom stereocenters. The molecule has 110 valence electrons. The molecule has 0 aliphatic carbocycles. The maximum atomic E-state index is 12.6. The first-order chi connectivity index (χ1) is 10.0. The van der Waals surface area contributed by atoms with E-state index in [2.05, 4.69) is 0 Å². The van der Waals surface area contributed by atoms with Gasteiger partial charge in [0.05, 0.1) is 0 Å². The minimum absolute atomic E-state index is 0.00842. The zero-order valence-corrected chi connectivity index (χ0v) is 13.0. The lowest BCUT2D eigenvalue weighted by Crippen LogP contribution is -2.30. The molecular weight excluding hydrogens is 284 g/mol. The summed E-state index contributed by atoms with van der Waals surface area (Å²) in [5.41, 5.74) is 9.09. The summed E-state index contributed by atoms with van der Waals surface area (Å²) in [7, 11) is 0. The Morgan fingerprint density at radius 1 is 1.24 bits per heavy atom. The average Bonchev–Trinajstić information content (AvgIpc) is 2.44. The van der Waals surface area contributed by atoms with Crippen molar-refractivity contribution in [3.05, 3.63) is 64.2 Å². The van der Waals surface area contributed by atoms with Gasteiger partial charge in [0.15, 0.2) is 0 Å². The van der Waals surface area contributed by atoms with E-state index in [-0.39, 0.29) is 5.91 Å². The molecule has 0 aromatic heterocycles. The quantitative estimate of drug-likeness (QED) is 0.871. The Balaban J connectivity index is 2.22. The molecular formula is C17H19ClN2O. The van der Waals surface area contributed by atoms with Gasteiger partial charge < -0.3 is 10.6 Å². The predicted molar refractivity (Wildman–Crippen MR) is 87.5 cm³/mol. The molecule has 0 fully saturated rings. The minimum Gasteiger partial charge on any atom is -0.399 e. The topological polar surface area (TPSA) is 46.3 Å². The number of carbonyl (C=O) groups is 1. The van der Waals surface area contributed by atoms with Crippen LogP contribution in [0.15, 0.2) is 42.5 Å². The van der Waals surface area contributed by atoms with Gasteiger partial charge in [0.2, 0.25) is 0 Å². The summed E-state index contributed by atoms with van der Waals surface area (Å²) < 4.78 is 0. The fraction of sp³-hybridized carbons (Fsp3) is 0.235. The van der Waals surface area contributed by atoms with Gasteiger partial charge in [-0.2, -0.15) is 0 Å². The van der Waals surface area contributed by atoms with E-state index >= 15 is 0 Å². The number of benzene rings is 2. The van der Waals surface area contributed by atoms with Crippen molar-refractivity contribution in [2.24, 2.45) is 0 Å². The molecule has 0 radical (unpaired) electrons. The van der Waals surface area contributed by atoms with E-state index in [9.17, 15) is 4.79 Å². The van der Waals surface area contributed by atoms with Gasteiger partial charge in [-0.15, -0.1) is 0 Å². The second kappa shape index (κ2) is 6.64. The van der Waals surface area contributed by atoms with Crippen LogP contribution < -0.4 is 5.73 Å². The lowest BCUT2D eigenvalue weighted by molar-refractivity contribution is 0.0752. The van der Waals surface area contributed by atoms with Gasteiger partial charge in [0, 0.05) is 29.4 Å². The zero-order chi connectivity index (χ0) is 15.4. The monoisotopic (exact) mass is 302 g/mol. The van der Waals surface area contributed by atoms with Crippen LogP contribution in [0.4, 0.5) is 5.69 Å². The van der Waals surface area contributed by atoms with E-state index in [1.54, 1.807) is 17.0 Å².